The number of rotatable bonds is 6. The quantitative estimate of drug-likeness (QED) is 0.242. The summed E-state index contributed by atoms with van der Waals surface area (Å²) in [5.41, 5.74) is 5.90. The summed E-state index contributed by atoms with van der Waals surface area (Å²) >= 11 is 6.57. The van der Waals surface area contributed by atoms with E-state index in [1.54, 1.807) is 24.3 Å². The predicted molar refractivity (Wildman–Crippen MR) is 132 cm³/mol. The molecule has 4 rings (SSSR count). The first-order valence-corrected chi connectivity index (χ1v) is 10.9. The molecule has 7 heteroatoms. The minimum atomic E-state index is -1.02. The summed E-state index contributed by atoms with van der Waals surface area (Å²) in [5, 5.41) is 25.3. The number of benzene rings is 3. The number of aliphatic carboxylic acids is 1. The van der Waals surface area contributed by atoms with Crippen molar-refractivity contribution in [1.29, 1.82) is 5.26 Å². The number of nitrogens with one attached hydrogen (secondary N) is 1. The van der Waals surface area contributed by atoms with E-state index in [4.69, 9.17) is 16.7 Å². The van der Waals surface area contributed by atoms with Crippen molar-refractivity contribution < 1.29 is 14.3 Å². The topological polar surface area (TPSA) is 89.8 Å². The second-order valence-corrected chi connectivity index (χ2v) is 7.98. The number of hydrogen-bond acceptors (Lipinski definition) is 3. The van der Waals surface area contributed by atoms with Gasteiger partial charge in [0.1, 0.15) is 0 Å². The van der Waals surface area contributed by atoms with Crippen LogP contribution in [0.3, 0.4) is 0 Å². The van der Waals surface area contributed by atoms with Crippen LogP contribution in [0.15, 0.2) is 66.7 Å². The molecule has 4 aromatic rings. The van der Waals surface area contributed by atoms with Crippen LogP contribution in [0.25, 0.3) is 28.1 Å². The van der Waals surface area contributed by atoms with E-state index in [0.29, 0.717) is 27.9 Å². The average Bonchev–Trinajstić information content (AvgIpc) is 3.22. The summed E-state index contributed by atoms with van der Waals surface area (Å²) in [6.45, 7) is 2.00. The molecule has 1 aromatic heterocycles. The molecular weight excluding hydrogens is 453 g/mol. The summed E-state index contributed by atoms with van der Waals surface area (Å²) in [5.74, 6) is -1.54. The standard InChI is InChI=1S/C27H19ClFN3O2/c1-2-20(21-10-5-17(15-30)13-23(21)28)26(18-7-3-16(4-8-18)6-12-25(33)34)19-9-11-24-22(14-19)27(29)32-31-24/h3-14H,2H2,1H3,(H,31,32)(H,33,34)/b12-6+,26-20+. The van der Waals surface area contributed by atoms with E-state index < -0.39 is 11.9 Å². The van der Waals surface area contributed by atoms with Gasteiger partial charge in [0.2, 0.25) is 5.95 Å². The van der Waals surface area contributed by atoms with E-state index in [-0.39, 0.29) is 0 Å². The Kier molecular flexibility index (Phi) is 6.58. The molecule has 0 saturated heterocycles. The number of nitriles is 1. The number of fused-ring (bicyclic) bond motifs is 1. The lowest BCUT2D eigenvalue weighted by Gasteiger charge is -2.18. The molecule has 0 saturated carbocycles. The molecule has 0 atom stereocenters. The molecule has 0 spiro atoms. The monoisotopic (exact) mass is 471 g/mol. The predicted octanol–water partition coefficient (Wildman–Crippen LogP) is 6.69. The fourth-order valence-corrected chi connectivity index (χ4v) is 4.20. The Balaban J connectivity index is 1.96. The SMILES string of the molecule is CC/C(=C(/c1ccc(/C=C/C(=O)O)cc1)c1ccc2n[nH]c(F)c2c1)c1ccc(C#N)cc1Cl. The third kappa shape index (κ3) is 4.61. The lowest BCUT2D eigenvalue weighted by Crippen LogP contribution is -1.97. The molecule has 0 unspecified atom stereocenters. The Morgan fingerprint density at radius 3 is 2.53 bits per heavy atom. The number of aromatic amines is 1. The van der Waals surface area contributed by atoms with Crippen LogP contribution < -0.4 is 0 Å². The zero-order valence-electron chi connectivity index (χ0n) is 18.1. The molecule has 0 aliphatic carbocycles. The number of H-pyrrole nitrogens is 1. The van der Waals surface area contributed by atoms with Gasteiger partial charge in [0, 0.05) is 11.1 Å². The van der Waals surface area contributed by atoms with Crippen molar-refractivity contribution in [2.24, 2.45) is 0 Å². The van der Waals surface area contributed by atoms with Gasteiger partial charge in [0.05, 0.1) is 22.5 Å². The number of hydrogen-bond donors (Lipinski definition) is 2. The molecule has 5 nitrogen and oxygen atoms in total. The van der Waals surface area contributed by atoms with Crippen molar-refractivity contribution in [3.8, 4) is 6.07 Å². The number of carbonyl (C=O) groups is 1. The second-order valence-electron chi connectivity index (χ2n) is 7.58. The van der Waals surface area contributed by atoms with E-state index >= 15 is 0 Å². The molecule has 34 heavy (non-hydrogen) atoms. The lowest BCUT2D eigenvalue weighted by atomic mass is 9.87. The van der Waals surface area contributed by atoms with Crippen molar-refractivity contribution in [2.45, 2.75) is 13.3 Å². The van der Waals surface area contributed by atoms with Gasteiger partial charge in [-0.25, -0.2) is 4.79 Å². The third-order valence-corrected chi connectivity index (χ3v) is 5.81. The lowest BCUT2D eigenvalue weighted by molar-refractivity contribution is -0.131. The number of carboxylic acid groups (broad SMARTS) is 1. The van der Waals surface area contributed by atoms with Crippen molar-refractivity contribution in [1.82, 2.24) is 10.2 Å². The summed E-state index contributed by atoms with van der Waals surface area (Å²) in [6.07, 6.45) is 3.21. The van der Waals surface area contributed by atoms with Crippen molar-refractivity contribution in [3.63, 3.8) is 0 Å². The number of aromatic nitrogens is 2. The number of nitrogens with zero attached hydrogens (tertiary/aromatic N) is 2. The van der Waals surface area contributed by atoms with Crippen LogP contribution in [-0.4, -0.2) is 21.3 Å². The van der Waals surface area contributed by atoms with Crippen LogP contribution in [0.4, 0.5) is 4.39 Å². The fraction of sp³-hybridized carbons (Fsp3) is 0.0741. The van der Waals surface area contributed by atoms with Gasteiger partial charge in [-0.3, -0.25) is 5.10 Å². The summed E-state index contributed by atoms with van der Waals surface area (Å²) in [6, 6.07) is 20.0. The molecule has 2 N–H and O–H groups in total. The molecule has 0 radical (unpaired) electrons. The molecular formula is C27H19ClFN3O2. The molecule has 168 valence electrons. The van der Waals surface area contributed by atoms with Gasteiger partial charge in [-0.2, -0.15) is 14.8 Å². The maximum absolute atomic E-state index is 14.3. The molecule has 3 aromatic carbocycles. The maximum atomic E-state index is 14.3. The van der Waals surface area contributed by atoms with Gasteiger partial charge in [0.15, 0.2) is 0 Å². The Hall–Kier alpha value is -4.21. The van der Waals surface area contributed by atoms with Gasteiger partial charge in [-0.1, -0.05) is 54.9 Å². The largest absolute Gasteiger partial charge is 0.478 e. The Morgan fingerprint density at radius 1 is 1.15 bits per heavy atom. The van der Waals surface area contributed by atoms with E-state index in [9.17, 15) is 14.4 Å². The Morgan fingerprint density at radius 2 is 1.88 bits per heavy atom. The number of allylic oxidation sites excluding steroid dienone is 1. The van der Waals surface area contributed by atoms with Crippen LogP contribution in [0.1, 0.15) is 41.2 Å². The van der Waals surface area contributed by atoms with Crippen LogP contribution in [0.2, 0.25) is 5.02 Å². The second kappa shape index (κ2) is 9.74. The first kappa shape index (κ1) is 23.0. The maximum Gasteiger partial charge on any atom is 0.328 e. The fourth-order valence-electron chi connectivity index (χ4n) is 3.91. The van der Waals surface area contributed by atoms with Crippen molar-refractivity contribution in [3.05, 3.63) is 106 Å². The highest BCUT2D eigenvalue weighted by molar-refractivity contribution is 6.33. The van der Waals surface area contributed by atoms with Crippen LogP contribution in [0, 0.1) is 17.3 Å². The number of carboxylic acids is 1. The van der Waals surface area contributed by atoms with Crippen LogP contribution in [-0.2, 0) is 4.79 Å². The van der Waals surface area contributed by atoms with Crippen molar-refractivity contribution >= 4 is 45.7 Å². The zero-order chi connectivity index (χ0) is 24.2. The van der Waals surface area contributed by atoms with E-state index in [1.807, 2.05) is 43.3 Å². The smallest absolute Gasteiger partial charge is 0.328 e. The zero-order valence-corrected chi connectivity index (χ0v) is 18.9. The van der Waals surface area contributed by atoms with E-state index in [0.717, 1.165) is 39.5 Å². The minimum absolute atomic E-state index is 0.373. The Bertz CT molecular complexity index is 1490. The van der Waals surface area contributed by atoms with E-state index in [1.165, 1.54) is 6.08 Å². The molecule has 0 aliphatic heterocycles. The van der Waals surface area contributed by atoms with Gasteiger partial charge in [0.25, 0.3) is 0 Å². The highest BCUT2D eigenvalue weighted by Crippen LogP contribution is 2.38. The summed E-state index contributed by atoms with van der Waals surface area (Å²) < 4.78 is 14.3. The minimum Gasteiger partial charge on any atom is -0.478 e. The summed E-state index contributed by atoms with van der Waals surface area (Å²) in [4.78, 5) is 10.8. The molecule has 1 heterocycles. The van der Waals surface area contributed by atoms with Gasteiger partial charge in [-0.05, 0) is 70.2 Å². The summed E-state index contributed by atoms with van der Waals surface area (Å²) in [7, 11) is 0. The van der Waals surface area contributed by atoms with Crippen molar-refractivity contribution in [2.75, 3.05) is 0 Å². The van der Waals surface area contributed by atoms with Gasteiger partial charge < -0.3 is 5.11 Å². The highest BCUT2D eigenvalue weighted by Gasteiger charge is 2.17. The van der Waals surface area contributed by atoms with Gasteiger partial charge >= 0.3 is 5.97 Å². The molecule has 0 bridgehead atoms. The number of halogens is 2. The van der Waals surface area contributed by atoms with Crippen LogP contribution >= 0.6 is 11.6 Å². The highest BCUT2D eigenvalue weighted by atomic mass is 35.5. The Labute approximate surface area is 200 Å². The van der Waals surface area contributed by atoms with E-state index in [2.05, 4.69) is 16.3 Å². The molecule has 0 amide bonds. The normalized spacial score (nSPS) is 12.1. The van der Waals surface area contributed by atoms with Gasteiger partial charge in [-0.15, -0.1) is 0 Å². The first-order chi connectivity index (χ1) is 16.4. The first-order valence-electron chi connectivity index (χ1n) is 10.5. The average molecular weight is 472 g/mol. The molecule has 0 fully saturated rings. The molecule has 0 aliphatic rings. The van der Waals surface area contributed by atoms with Crippen LogP contribution in [0.5, 0.6) is 0 Å². The third-order valence-electron chi connectivity index (χ3n) is 5.49.